The minimum absolute atomic E-state index is 0.0760. The third-order valence-electron chi connectivity index (χ3n) is 5.70. The molecule has 29 heavy (non-hydrogen) atoms. The highest BCUT2D eigenvalue weighted by molar-refractivity contribution is 7.15. The Balaban J connectivity index is 1.18. The Kier molecular flexibility index (Phi) is 5.15. The Labute approximate surface area is 173 Å². The van der Waals surface area contributed by atoms with Gasteiger partial charge in [0.2, 0.25) is 0 Å². The third-order valence-corrected chi connectivity index (χ3v) is 6.92. The van der Waals surface area contributed by atoms with Crippen molar-refractivity contribution in [3.63, 3.8) is 0 Å². The number of aromatic nitrogens is 5. The minimum atomic E-state index is -0.0760. The molecule has 1 aliphatic carbocycles. The molecule has 2 aliphatic rings. The second-order valence-corrected chi connectivity index (χ2v) is 8.67. The fraction of sp³-hybridized carbons (Fsp3) is 0.500. The maximum atomic E-state index is 12.2. The smallest absolute Gasteiger partial charge is 0.266 e. The minimum Gasteiger partial charge on any atom is -0.346 e. The first-order valence-electron chi connectivity index (χ1n) is 10.3. The van der Waals surface area contributed by atoms with Gasteiger partial charge in [0, 0.05) is 56.1 Å². The van der Waals surface area contributed by atoms with Crippen LogP contribution in [0.3, 0.4) is 0 Å². The highest BCUT2D eigenvalue weighted by atomic mass is 32.1. The first kappa shape index (κ1) is 18.5. The first-order chi connectivity index (χ1) is 14.3. The molecule has 0 amide bonds. The molecule has 9 heteroatoms. The van der Waals surface area contributed by atoms with Gasteiger partial charge in [-0.1, -0.05) is 0 Å². The Bertz CT molecular complexity index is 994. The topological polar surface area (TPSA) is 72.1 Å². The summed E-state index contributed by atoms with van der Waals surface area (Å²) in [6, 6.07) is 5.11. The molecule has 0 radical (unpaired) electrons. The van der Waals surface area contributed by atoms with Crippen molar-refractivity contribution in [3.05, 3.63) is 51.5 Å². The summed E-state index contributed by atoms with van der Waals surface area (Å²) in [5.74, 6) is 0.659. The van der Waals surface area contributed by atoms with Crippen molar-refractivity contribution >= 4 is 16.5 Å². The highest BCUT2D eigenvalue weighted by Gasteiger charge is 2.22. The van der Waals surface area contributed by atoms with Gasteiger partial charge in [-0.3, -0.25) is 9.69 Å². The van der Waals surface area contributed by atoms with Gasteiger partial charge in [0.25, 0.3) is 5.56 Å². The molecule has 1 fully saturated rings. The quantitative estimate of drug-likeness (QED) is 0.635. The van der Waals surface area contributed by atoms with Gasteiger partial charge in [-0.2, -0.15) is 5.10 Å². The molecule has 3 aromatic rings. The molecule has 0 aromatic carbocycles. The number of hydrogen-bond donors (Lipinski definition) is 0. The van der Waals surface area contributed by atoms with Gasteiger partial charge in [-0.25, -0.2) is 14.3 Å². The summed E-state index contributed by atoms with van der Waals surface area (Å²) in [6.07, 6.45) is 8.45. The molecule has 3 aromatic heterocycles. The Morgan fingerprint density at radius 2 is 1.90 bits per heavy atom. The highest BCUT2D eigenvalue weighted by Crippen LogP contribution is 2.32. The monoisotopic (exact) mass is 411 g/mol. The van der Waals surface area contributed by atoms with Crippen LogP contribution in [0.25, 0.3) is 5.82 Å². The van der Waals surface area contributed by atoms with Crippen LogP contribution in [0, 0.1) is 0 Å². The molecular weight excluding hydrogens is 386 g/mol. The van der Waals surface area contributed by atoms with Crippen molar-refractivity contribution in [1.82, 2.24) is 29.4 Å². The lowest BCUT2D eigenvalue weighted by molar-refractivity contribution is 0.242. The molecule has 1 saturated heterocycles. The van der Waals surface area contributed by atoms with Crippen LogP contribution in [-0.4, -0.2) is 62.2 Å². The number of piperazine rings is 1. The van der Waals surface area contributed by atoms with Crippen molar-refractivity contribution in [2.75, 3.05) is 37.6 Å². The second-order valence-electron chi connectivity index (χ2n) is 7.61. The number of hydrogen-bond acceptors (Lipinski definition) is 7. The molecule has 0 bridgehead atoms. The maximum absolute atomic E-state index is 12.2. The van der Waals surface area contributed by atoms with E-state index in [1.54, 1.807) is 23.0 Å². The van der Waals surface area contributed by atoms with Gasteiger partial charge >= 0.3 is 0 Å². The van der Waals surface area contributed by atoms with E-state index in [0.29, 0.717) is 12.4 Å². The van der Waals surface area contributed by atoms with Crippen molar-refractivity contribution in [1.29, 1.82) is 0 Å². The fourth-order valence-electron chi connectivity index (χ4n) is 4.00. The Morgan fingerprint density at radius 1 is 1.03 bits per heavy atom. The van der Waals surface area contributed by atoms with Gasteiger partial charge in [0.15, 0.2) is 10.9 Å². The molecule has 0 atom stereocenters. The number of thiazole rings is 1. The van der Waals surface area contributed by atoms with Crippen LogP contribution in [-0.2, 0) is 19.4 Å². The van der Waals surface area contributed by atoms with E-state index in [1.165, 1.54) is 39.6 Å². The van der Waals surface area contributed by atoms with Crippen LogP contribution in [0.1, 0.15) is 23.4 Å². The van der Waals surface area contributed by atoms with E-state index in [1.807, 2.05) is 23.6 Å². The average Bonchev–Trinajstić information content (AvgIpc) is 3.43. The standard InChI is InChI=1S/C20H25N7OS/c28-19-7-6-18(26-9-3-8-21-26)23-27(19)15-12-24-10-13-25(14-11-24)20-22-16-4-1-2-5-17(16)29-20/h3,6-9H,1-2,4-5,10-15H2. The zero-order chi connectivity index (χ0) is 19.6. The molecule has 0 unspecified atom stereocenters. The summed E-state index contributed by atoms with van der Waals surface area (Å²) < 4.78 is 3.21. The van der Waals surface area contributed by atoms with E-state index < -0.39 is 0 Å². The number of nitrogens with zero attached hydrogens (tertiary/aromatic N) is 7. The summed E-state index contributed by atoms with van der Waals surface area (Å²) in [4.78, 5) is 23.4. The van der Waals surface area contributed by atoms with Crippen LogP contribution < -0.4 is 10.5 Å². The van der Waals surface area contributed by atoms with Crippen LogP contribution in [0.2, 0.25) is 0 Å². The van der Waals surface area contributed by atoms with Crippen LogP contribution in [0.15, 0.2) is 35.4 Å². The van der Waals surface area contributed by atoms with Crippen molar-refractivity contribution in [2.24, 2.45) is 0 Å². The summed E-state index contributed by atoms with van der Waals surface area (Å²) in [7, 11) is 0. The van der Waals surface area contributed by atoms with Gasteiger partial charge < -0.3 is 4.90 Å². The lowest BCUT2D eigenvalue weighted by Gasteiger charge is -2.34. The number of aryl methyl sites for hydroxylation is 2. The zero-order valence-corrected chi connectivity index (χ0v) is 17.2. The molecule has 0 saturated carbocycles. The number of rotatable bonds is 5. The Hall–Kier alpha value is -2.52. The predicted octanol–water partition coefficient (Wildman–Crippen LogP) is 1.59. The van der Waals surface area contributed by atoms with Crippen LogP contribution in [0.5, 0.6) is 0 Å². The molecule has 0 N–H and O–H groups in total. The van der Waals surface area contributed by atoms with Crippen molar-refractivity contribution in [3.8, 4) is 5.82 Å². The summed E-state index contributed by atoms with van der Waals surface area (Å²) in [6.45, 7) is 5.34. The SMILES string of the molecule is O=c1ccc(-n2cccn2)nn1CCN1CCN(c2nc3c(s2)CCCC3)CC1. The van der Waals surface area contributed by atoms with E-state index in [-0.39, 0.29) is 5.56 Å². The average molecular weight is 412 g/mol. The van der Waals surface area contributed by atoms with Gasteiger partial charge in [-0.15, -0.1) is 16.4 Å². The van der Waals surface area contributed by atoms with Crippen molar-refractivity contribution < 1.29 is 0 Å². The van der Waals surface area contributed by atoms with E-state index in [4.69, 9.17) is 4.98 Å². The van der Waals surface area contributed by atoms with Gasteiger partial charge in [0.05, 0.1) is 12.2 Å². The van der Waals surface area contributed by atoms with E-state index >= 15 is 0 Å². The zero-order valence-electron chi connectivity index (χ0n) is 16.4. The molecule has 4 heterocycles. The molecule has 0 spiro atoms. The summed E-state index contributed by atoms with van der Waals surface area (Å²) in [5.41, 5.74) is 1.26. The molecule has 5 rings (SSSR count). The van der Waals surface area contributed by atoms with Gasteiger partial charge in [-0.05, 0) is 37.8 Å². The number of fused-ring (bicyclic) bond motifs is 1. The molecular formula is C20H25N7OS. The van der Waals surface area contributed by atoms with E-state index in [9.17, 15) is 4.79 Å². The molecule has 152 valence electrons. The molecule has 8 nitrogen and oxygen atoms in total. The largest absolute Gasteiger partial charge is 0.346 e. The predicted molar refractivity (Wildman–Crippen MR) is 113 cm³/mol. The lowest BCUT2D eigenvalue weighted by atomic mass is 10.0. The maximum Gasteiger partial charge on any atom is 0.266 e. The fourth-order valence-corrected chi connectivity index (χ4v) is 5.20. The van der Waals surface area contributed by atoms with Gasteiger partial charge in [0.1, 0.15) is 0 Å². The summed E-state index contributed by atoms with van der Waals surface area (Å²) in [5, 5.41) is 9.84. The van der Waals surface area contributed by atoms with E-state index in [0.717, 1.165) is 39.1 Å². The number of anilines is 1. The van der Waals surface area contributed by atoms with E-state index in [2.05, 4.69) is 20.0 Å². The normalized spacial score (nSPS) is 17.4. The van der Waals surface area contributed by atoms with Crippen molar-refractivity contribution in [2.45, 2.75) is 32.2 Å². The Morgan fingerprint density at radius 3 is 2.69 bits per heavy atom. The first-order valence-corrected chi connectivity index (χ1v) is 11.1. The molecule has 1 aliphatic heterocycles. The van der Waals surface area contributed by atoms with Crippen LogP contribution >= 0.6 is 11.3 Å². The second kappa shape index (κ2) is 8.08. The van der Waals surface area contributed by atoms with Crippen LogP contribution in [0.4, 0.5) is 5.13 Å². The lowest BCUT2D eigenvalue weighted by Crippen LogP contribution is -2.47. The summed E-state index contributed by atoms with van der Waals surface area (Å²) >= 11 is 1.89. The third kappa shape index (κ3) is 3.97.